The highest BCUT2D eigenvalue weighted by Crippen LogP contribution is 2.39. The largest absolute Gasteiger partial charge is 0.384 e. The van der Waals surface area contributed by atoms with E-state index in [4.69, 9.17) is 4.74 Å². The molecule has 28 heavy (non-hydrogen) atoms. The van der Waals surface area contributed by atoms with Crippen LogP contribution in [0.5, 0.6) is 0 Å². The lowest BCUT2D eigenvalue weighted by Gasteiger charge is -2.24. The smallest absolute Gasteiger partial charge is 0.259 e. The molecule has 3 aliphatic rings. The molecular formula is C22H30N4O2. The van der Waals surface area contributed by atoms with E-state index >= 15 is 0 Å². The van der Waals surface area contributed by atoms with E-state index in [1.165, 1.54) is 11.3 Å². The van der Waals surface area contributed by atoms with Gasteiger partial charge in [0.2, 0.25) is 0 Å². The van der Waals surface area contributed by atoms with Gasteiger partial charge >= 0.3 is 0 Å². The zero-order valence-electron chi connectivity index (χ0n) is 16.8. The molecule has 150 valence electrons. The van der Waals surface area contributed by atoms with Gasteiger partial charge in [0.25, 0.3) is 5.91 Å². The molecule has 0 saturated carbocycles. The zero-order chi connectivity index (χ0) is 19.6. The molecule has 2 aliphatic heterocycles. The van der Waals surface area contributed by atoms with Crippen LogP contribution in [-0.4, -0.2) is 37.2 Å². The van der Waals surface area contributed by atoms with Gasteiger partial charge in [-0.2, -0.15) is 0 Å². The van der Waals surface area contributed by atoms with Crippen LogP contribution in [0.25, 0.3) is 0 Å². The van der Waals surface area contributed by atoms with E-state index in [0.29, 0.717) is 17.3 Å². The summed E-state index contributed by atoms with van der Waals surface area (Å²) in [4.78, 5) is 17.3. The number of nitrogens with one attached hydrogen (secondary N) is 3. The molecule has 0 bridgehead atoms. The number of carbonyl (C=O) groups is 1. The van der Waals surface area contributed by atoms with Gasteiger partial charge in [-0.25, -0.2) is 4.98 Å². The van der Waals surface area contributed by atoms with Crippen LogP contribution in [0.2, 0.25) is 0 Å². The van der Waals surface area contributed by atoms with E-state index in [1.807, 2.05) is 12.1 Å². The van der Waals surface area contributed by atoms with Crippen LogP contribution >= 0.6 is 0 Å². The average Bonchev–Trinajstić information content (AvgIpc) is 3.01. The van der Waals surface area contributed by atoms with Crippen LogP contribution in [0.15, 0.2) is 41.4 Å². The molecule has 3 heterocycles. The van der Waals surface area contributed by atoms with Gasteiger partial charge in [0.15, 0.2) is 0 Å². The average molecular weight is 383 g/mol. The third-order valence-corrected chi connectivity index (χ3v) is 6.05. The van der Waals surface area contributed by atoms with Crippen molar-refractivity contribution in [1.29, 1.82) is 0 Å². The summed E-state index contributed by atoms with van der Waals surface area (Å²) in [6.45, 7) is 7.95. The number of ether oxygens (including phenoxy) is 1. The Labute approximate surface area is 166 Å². The predicted octanol–water partition coefficient (Wildman–Crippen LogP) is 3.21. The van der Waals surface area contributed by atoms with Crippen molar-refractivity contribution >= 4 is 11.7 Å². The number of nitrogens with zero attached hydrogens (tertiary/aromatic N) is 1. The van der Waals surface area contributed by atoms with Gasteiger partial charge in [-0.1, -0.05) is 13.8 Å². The van der Waals surface area contributed by atoms with E-state index in [1.54, 1.807) is 6.20 Å². The highest BCUT2D eigenvalue weighted by atomic mass is 16.5. The first-order valence-electron chi connectivity index (χ1n) is 10.3. The van der Waals surface area contributed by atoms with Crippen molar-refractivity contribution < 1.29 is 9.53 Å². The first-order valence-corrected chi connectivity index (χ1v) is 10.3. The Kier molecular flexibility index (Phi) is 5.40. The SMILES string of the molecule is CC1(C)CNC2=C1CCC(NC(=O)c1cccnc1NCC1CCOCC1)=C2. The number of allylic oxidation sites excluding steroid dienone is 2. The molecular weight excluding hydrogens is 352 g/mol. The normalized spacial score (nSPS) is 21.6. The van der Waals surface area contributed by atoms with Crippen LogP contribution in [0.4, 0.5) is 5.82 Å². The fourth-order valence-electron chi connectivity index (χ4n) is 4.24. The Morgan fingerprint density at radius 2 is 2.14 bits per heavy atom. The predicted molar refractivity (Wildman–Crippen MR) is 110 cm³/mol. The van der Waals surface area contributed by atoms with Gasteiger partial charge < -0.3 is 20.7 Å². The van der Waals surface area contributed by atoms with Gasteiger partial charge in [0.1, 0.15) is 5.82 Å². The summed E-state index contributed by atoms with van der Waals surface area (Å²) >= 11 is 0. The van der Waals surface area contributed by atoms with Gasteiger partial charge in [-0.05, 0) is 55.4 Å². The summed E-state index contributed by atoms with van der Waals surface area (Å²) in [6.07, 6.45) is 7.77. The summed E-state index contributed by atoms with van der Waals surface area (Å²) in [7, 11) is 0. The lowest BCUT2D eigenvalue weighted by molar-refractivity contribution is 0.0699. The molecule has 1 aromatic heterocycles. The van der Waals surface area contributed by atoms with E-state index in [-0.39, 0.29) is 11.3 Å². The number of anilines is 1. The maximum Gasteiger partial charge on any atom is 0.259 e. The molecule has 1 amide bonds. The second kappa shape index (κ2) is 7.95. The summed E-state index contributed by atoms with van der Waals surface area (Å²) < 4.78 is 5.42. The standard InChI is InChI=1S/C22H30N4O2/c1-22(2)14-25-19-12-16(5-6-18(19)22)26-21(27)17-4-3-9-23-20(17)24-13-15-7-10-28-11-8-15/h3-4,9,12,15,25H,5-8,10-11,13-14H2,1-2H3,(H,23,24)(H,26,27). The number of hydrogen-bond acceptors (Lipinski definition) is 5. The van der Waals surface area contributed by atoms with Gasteiger partial charge in [0, 0.05) is 49.3 Å². The minimum absolute atomic E-state index is 0.102. The highest BCUT2D eigenvalue weighted by Gasteiger charge is 2.33. The minimum atomic E-state index is -0.102. The van der Waals surface area contributed by atoms with Crippen molar-refractivity contribution in [3.8, 4) is 0 Å². The van der Waals surface area contributed by atoms with Crippen molar-refractivity contribution in [1.82, 2.24) is 15.6 Å². The monoisotopic (exact) mass is 382 g/mol. The van der Waals surface area contributed by atoms with Crippen LogP contribution in [0.1, 0.15) is 49.9 Å². The van der Waals surface area contributed by atoms with Crippen molar-refractivity contribution in [2.75, 3.05) is 31.6 Å². The molecule has 0 spiro atoms. The Balaban J connectivity index is 1.43. The summed E-state index contributed by atoms with van der Waals surface area (Å²) in [5, 5.41) is 9.96. The van der Waals surface area contributed by atoms with E-state index in [0.717, 1.165) is 57.7 Å². The molecule has 0 radical (unpaired) electrons. The highest BCUT2D eigenvalue weighted by molar-refractivity contribution is 5.99. The maximum atomic E-state index is 12.9. The fourth-order valence-corrected chi connectivity index (χ4v) is 4.24. The first kappa shape index (κ1) is 19.0. The van der Waals surface area contributed by atoms with E-state index in [2.05, 4.69) is 40.9 Å². The summed E-state index contributed by atoms with van der Waals surface area (Å²) in [5.74, 6) is 1.12. The van der Waals surface area contributed by atoms with Crippen LogP contribution in [0.3, 0.4) is 0 Å². The molecule has 3 N–H and O–H groups in total. The van der Waals surface area contributed by atoms with Gasteiger partial charge in [-0.3, -0.25) is 4.79 Å². The number of carbonyl (C=O) groups excluding carboxylic acids is 1. The second-order valence-corrected chi connectivity index (χ2v) is 8.59. The number of pyridine rings is 1. The molecule has 1 saturated heterocycles. The van der Waals surface area contributed by atoms with Gasteiger partial charge in [-0.15, -0.1) is 0 Å². The zero-order valence-corrected chi connectivity index (χ0v) is 16.8. The molecule has 1 fully saturated rings. The number of rotatable bonds is 5. The first-order chi connectivity index (χ1) is 13.5. The lowest BCUT2D eigenvalue weighted by Crippen LogP contribution is -2.27. The molecule has 0 aromatic carbocycles. The summed E-state index contributed by atoms with van der Waals surface area (Å²) in [5.41, 5.74) is 4.40. The third kappa shape index (κ3) is 4.07. The topological polar surface area (TPSA) is 75.3 Å². The van der Waals surface area contributed by atoms with Crippen molar-refractivity contribution in [3.63, 3.8) is 0 Å². The molecule has 6 nitrogen and oxygen atoms in total. The van der Waals surface area contributed by atoms with Crippen LogP contribution in [0, 0.1) is 11.3 Å². The molecule has 0 atom stereocenters. The third-order valence-electron chi connectivity index (χ3n) is 6.05. The molecule has 1 aliphatic carbocycles. The molecule has 4 rings (SSSR count). The summed E-state index contributed by atoms with van der Waals surface area (Å²) in [6, 6.07) is 3.64. The van der Waals surface area contributed by atoms with Gasteiger partial charge in [0.05, 0.1) is 5.56 Å². The Bertz CT molecular complexity index is 807. The van der Waals surface area contributed by atoms with Crippen molar-refractivity contribution in [3.05, 3.63) is 46.9 Å². The second-order valence-electron chi connectivity index (χ2n) is 8.59. The quantitative estimate of drug-likeness (QED) is 0.729. The number of hydrogen-bond donors (Lipinski definition) is 3. The Morgan fingerprint density at radius 3 is 2.96 bits per heavy atom. The molecule has 0 unspecified atom stereocenters. The Morgan fingerprint density at radius 1 is 1.32 bits per heavy atom. The van der Waals surface area contributed by atoms with Crippen LogP contribution < -0.4 is 16.0 Å². The Hall–Kier alpha value is -2.34. The van der Waals surface area contributed by atoms with Crippen molar-refractivity contribution in [2.45, 2.75) is 39.5 Å². The number of aromatic nitrogens is 1. The van der Waals surface area contributed by atoms with E-state index < -0.39 is 0 Å². The maximum absolute atomic E-state index is 12.9. The number of amides is 1. The van der Waals surface area contributed by atoms with Crippen molar-refractivity contribution in [2.24, 2.45) is 11.3 Å². The lowest BCUT2D eigenvalue weighted by atomic mass is 9.81. The molecule has 6 heteroatoms. The fraction of sp³-hybridized carbons (Fsp3) is 0.545. The minimum Gasteiger partial charge on any atom is -0.384 e. The van der Waals surface area contributed by atoms with E-state index in [9.17, 15) is 4.79 Å². The van der Waals surface area contributed by atoms with Crippen LogP contribution in [-0.2, 0) is 4.74 Å². The molecule has 1 aromatic rings.